The van der Waals surface area contributed by atoms with Gasteiger partial charge in [0.1, 0.15) is 0 Å². The fraction of sp³-hybridized carbons (Fsp3) is 0. The molecule has 0 atom stereocenters. The van der Waals surface area contributed by atoms with E-state index in [0.717, 1.165) is 5.56 Å². The smallest absolute Gasteiger partial charge is 0.277 e. The zero-order valence-electron chi connectivity index (χ0n) is 11.9. The summed E-state index contributed by atoms with van der Waals surface area (Å²) in [6.07, 6.45) is 0. The van der Waals surface area contributed by atoms with E-state index in [9.17, 15) is 9.59 Å². The summed E-state index contributed by atoms with van der Waals surface area (Å²) in [5, 5.41) is -1.22. The molecule has 0 saturated heterocycles. The van der Waals surface area contributed by atoms with Crippen LogP contribution in [0.25, 0.3) is 11.1 Å². The molecule has 3 aromatic rings. The van der Waals surface area contributed by atoms with Crippen molar-refractivity contribution in [3.63, 3.8) is 0 Å². The van der Waals surface area contributed by atoms with E-state index in [1.54, 1.807) is 12.1 Å². The topological polar surface area (TPSA) is 34.1 Å². The van der Waals surface area contributed by atoms with Crippen LogP contribution in [0.3, 0.4) is 0 Å². The zero-order valence-corrected chi connectivity index (χ0v) is 14.5. The Balaban J connectivity index is 0.000000377. The van der Waals surface area contributed by atoms with Crippen molar-refractivity contribution in [1.29, 1.82) is 0 Å². The van der Waals surface area contributed by atoms with Crippen molar-refractivity contribution in [2.75, 3.05) is 0 Å². The van der Waals surface area contributed by atoms with E-state index >= 15 is 0 Å². The summed E-state index contributed by atoms with van der Waals surface area (Å²) in [5.41, 5.74) is 2.11. The predicted molar refractivity (Wildman–Crippen MR) is 89.9 cm³/mol. The fourth-order valence-electron chi connectivity index (χ4n) is 1.96. The molecule has 0 bridgehead atoms. The Morgan fingerprint density at radius 2 is 1.57 bits per heavy atom. The molecule has 0 radical (unpaired) electrons. The summed E-state index contributed by atoms with van der Waals surface area (Å²) in [4.78, 5) is 22.4. The average molecular weight is 387 g/mol. The molecule has 3 rings (SSSR count). The number of carbonyl (C=O) groups is 2. The molecule has 0 saturated carbocycles. The maximum absolute atomic E-state index is 11.3. The van der Waals surface area contributed by atoms with Gasteiger partial charge in [-0.15, -0.1) is 11.6 Å². The van der Waals surface area contributed by atoms with Gasteiger partial charge >= 0.3 is 17.1 Å². The van der Waals surface area contributed by atoms with Crippen LogP contribution in [-0.2, 0) is 17.1 Å². The summed E-state index contributed by atoms with van der Waals surface area (Å²) in [7, 11) is 0. The van der Waals surface area contributed by atoms with Gasteiger partial charge in [0.05, 0.1) is 0 Å². The van der Waals surface area contributed by atoms with Gasteiger partial charge in [0.2, 0.25) is 5.24 Å². The summed E-state index contributed by atoms with van der Waals surface area (Å²) < 4.78 is 0. The Morgan fingerprint density at radius 3 is 2.00 bits per heavy atom. The molecule has 0 aliphatic carbocycles. The molecular formula is C18H12Cl2FeO2. The quantitative estimate of drug-likeness (QED) is 0.350. The van der Waals surface area contributed by atoms with Crippen LogP contribution in [0.5, 0.6) is 0 Å². The van der Waals surface area contributed by atoms with Gasteiger partial charge in [0.25, 0.3) is 5.24 Å². The first kappa shape index (κ1) is 19.4. The van der Waals surface area contributed by atoms with Crippen molar-refractivity contribution in [3.05, 3.63) is 83.9 Å². The van der Waals surface area contributed by atoms with Crippen molar-refractivity contribution < 1.29 is 26.7 Å². The number of rotatable bonds is 3. The van der Waals surface area contributed by atoms with E-state index < -0.39 is 10.5 Å². The molecule has 23 heavy (non-hydrogen) atoms. The van der Waals surface area contributed by atoms with E-state index in [-0.39, 0.29) is 28.2 Å². The van der Waals surface area contributed by atoms with Crippen LogP contribution in [0.4, 0.5) is 0 Å². The number of carbonyl (C=O) groups excluding carboxylic acids is 2. The largest absolute Gasteiger partial charge is 2.00 e. The maximum atomic E-state index is 11.3. The van der Waals surface area contributed by atoms with E-state index in [4.69, 9.17) is 23.2 Å². The van der Waals surface area contributed by atoms with Gasteiger partial charge in [0.15, 0.2) is 0 Å². The Kier molecular flexibility index (Phi) is 8.01. The molecule has 0 N–H and O–H groups in total. The van der Waals surface area contributed by atoms with Crippen LogP contribution in [0.2, 0.25) is 0 Å². The number of hydrogen-bond acceptors (Lipinski definition) is 2. The van der Waals surface area contributed by atoms with Crippen LogP contribution in [-0.4, -0.2) is 10.5 Å². The van der Waals surface area contributed by atoms with Gasteiger partial charge in [-0.05, 0) is 29.3 Å². The van der Waals surface area contributed by atoms with Crippen LogP contribution in [0.1, 0.15) is 20.7 Å². The molecule has 0 unspecified atom stereocenters. The minimum atomic E-state index is -0.613. The van der Waals surface area contributed by atoms with Crippen molar-refractivity contribution >= 4 is 33.7 Å². The van der Waals surface area contributed by atoms with E-state index in [1.165, 1.54) is 6.07 Å². The van der Waals surface area contributed by atoms with E-state index in [1.807, 2.05) is 54.6 Å². The first-order chi connectivity index (χ1) is 10.6. The summed E-state index contributed by atoms with van der Waals surface area (Å²) in [6, 6.07) is 22.1. The van der Waals surface area contributed by atoms with Crippen molar-refractivity contribution in [1.82, 2.24) is 0 Å². The third kappa shape index (κ3) is 5.49. The predicted octanol–water partition coefficient (Wildman–Crippen LogP) is 5.23. The summed E-state index contributed by atoms with van der Waals surface area (Å²) in [6.45, 7) is 0. The first-order valence-corrected chi connectivity index (χ1v) is 7.27. The molecule has 3 aromatic carbocycles. The molecule has 0 aliphatic rings. The summed E-state index contributed by atoms with van der Waals surface area (Å²) in [5.74, 6) is 0. The second-order valence-corrected chi connectivity index (χ2v) is 5.13. The van der Waals surface area contributed by atoms with Crippen LogP contribution >= 0.6 is 23.2 Å². The van der Waals surface area contributed by atoms with Gasteiger partial charge in [-0.2, -0.15) is 36.4 Å². The standard InChI is InChI=1S/C13H7Cl2O2.C5H5.Fe/c14-12(16)9-5-6-10(8-3-1-2-4-8)11(7-9)13(15)17;1-2-4-5-3-1;/h1-7H;1-5H;/q2*-1;+2. The normalized spacial score (nSPS) is 9.30. The average Bonchev–Trinajstić information content (AvgIpc) is 3.22. The minimum Gasteiger partial charge on any atom is -0.277 e. The van der Waals surface area contributed by atoms with Crippen LogP contribution in [0.15, 0.2) is 72.8 Å². The molecule has 118 valence electrons. The fourth-order valence-corrected chi connectivity index (χ4v) is 2.23. The maximum Gasteiger partial charge on any atom is 2.00 e. The number of benzene rings is 1. The third-order valence-corrected chi connectivity index (χ3v) is 3.41. The second-order valence-electron chi connectivity index (χ2n) is 4.44. The van der Waals surface area contributed by atoms with Gasteiger partial charge < -0.3 is 0 Å². The SMILES string of the molecule is O=C(Cl)c1ccc(-c2ccc[cH-]2)c(C(=O)Cl)c1.[Fe+2].c1cc[cH-]c1. The van der Waals surface area contributed by atoms with Gasteiger partial charge in [0, 0.05) is 11.1 Å². The Bertz CT molecular complexity index is 730. The molecule has 0 heterocycles. The van der Waals surface area contributed by atoms with Gasteiger partial charge in [-0.25, -0.2) is 12.1 Å². The molecule has 0 aromatic heterocycles. The van der Waals surface area contributed by atoms with E-state index in [2.05, 4.69) is 0 Å². The van der Waals surface area contributed by atoms with Crippen molar-refractivity contribution in [3.8, 4) is 11.1 Å². The molecule has 2 nitrogen and oxygen atoms in total. The van der Waals surface area contributed by atoms with Crippen molar-refractivity contribution in [2.24, 2.45) is 0 Å². The molecule has 0 aliphatic heterocycles. The van der Waals surface area contributed by atoms with Crippen LogP contribution in [0, 0.1) is 0 Å². The Morgan fingerprint density at radius 1 is 0.870 bits per heavy atom. The zero-order chi connectivity index (χ0) is 15.9. The molecule has 0 spiro atoms. The summed E-state index contributed by atoms with van der Waals surface area (Å²) >= 11 is 10.9. The Labute approximate surface area is 155 Å². The molecule has 0 amide bonds. The van der Waals surface area contributed by atoms with Gasteiger partial charge in [-0.1, -0.05) is 17.7 Å². The minimum absolute atomic E-state index is 0. The number of hydrogen-bond donors (Lipinski definition) is 0. The van der Waals surface area contributed by atoms with Crippen LogP contribution < -0.4 is 0 Å². The van der Waals surface area contributed by atoms with Gasteiger partial charge in [-0.3, -0.25) is 9.59 Å². The molecular weight excluding hydrogens is 375 g/mol. The molecule has 5 heteroatoms. The second kappa shape index (κ2) is 9.49. The monoisotopic (exact) mass is 386 g/mol. The van der Waals surface area contributed by atoms with E-state index in [0.29, 0.717) is 5.56 Å². The Hall–Kier alpha value is -1.64. The first-order valence-electron chi connectivity index (χ1n) is 6.52. The number of halogens is 2. The molecule has 0 fully saturated rings. The third-order valence-electron chi connectivity index (χ3n) is 2.99. The van der Waals surface area contributed by atoms with Crippen molar-refractivity contribution in [2.45, 2.75) is 0 Å².